The van der Waals surface area contributed by atoms with Gasteiger partial charge in [-0.25, -0.2) is 0 Å². The number of pyridine rings is 3. The van der Waals surface area contributed by atoms with Crippen molar-refractivity contribution >= 4 is 0 Å². The third-order valence-electron chi connectivity index (χ3n) is 6.87. The van der Waals surface area contributed by atoms with Crippen LogP contribution in [0.15, 0.2) is 97.7 Å². The smallest absolute Gasteiger partial charge is 0.0628 e. The van der Waals surface area contributed by atoms with Gasteiger partial charge in [0, 0.05) is 37.5 Å². The topological polar surface area (TPSA) is 45.2 Å². The van der Waals surface area contributed by atoms with Crippen LogP contribution in [0.25, 0.3) is 0 Å². The second kappa shape index (κ2) is 14.1. The number of hydrogen-bond donors (Lipinski definition) is 0. The van der Waals surface area contributed by atoms with Gasteiger partial charge in [-0.3, -0.25) is 15.0 Å². The van der Waals surface area contributed by atoms with E-state index < -0.39 is 0 Å². The molecule has 0 aliphatic heterocycles. The first kappa shape index (κ1) is 27.1. The molecule has 0 amide bonds. The third-order valence-corrected chi connectivity index (χ3v) is 6.87. The minimum Gasteiger partial charge on any atom is -0.366 e. The van der Waals surface area contributed by atoms with Gasteiger partial charge >= 0.3 is 0 Å². The van der Waals surface area contributed by atoms with Gasteiger partial charge in [-0.2, -0.15) is 0 Å². The summed E-state index contributed by atoms with van der Waals surface area (Å²) in [5.74, 6) is 0. The van der Waals surface area contributed by atoms with Crippen LogP contribution >= 0.6 is 0 Å². The fourth-order valence-electron chi connectivity index (χ4n) is 4.71. The normalized spacial score (nSPS) is 11.1. The number of aromatic nitrogens is 3. The van der Waals surface area contributed by atoms with Crippen LogP contribution in [0.2, 0.25) is 0 Å². The zero-order valence-corrected chi connectivity index (χ0v) is 22.9. The van der Waals surface area contributed by atoms with Crippen LogP contribution in [0.4, 0.5) is 0 Å². The van der Waals surface area contributed by atoms with Crippen LogP contribution in [-0.2, 0) is 45.4 Å². The zero-order chi connectivity index (χ0) is 26.6. The van der Waals surface area contributed by atoms with E-state index >= 15 is 0 Å². The molecule has 0 atom stereocenters. The number of aryl methyl sites for hydroxylation is 3. The summed E-state index contributed by atoms with van der Waals surface area (Å²) >= 11 is 0. The lowest BCUT2D eigenvalue weighted by Crippen LogP contribution is -2.23. The quantitative estimate of drug-likeness (QED) is 0.201. The zero-order valence-electron chi connectivity index (χ0n) is 22.9. The summed E-state index contributed by atoms with van der Waals surface area (Å²) in [6.07, 6.45) is 13.0. The second-order valence-electron chi connectivity index (χ2n) is 9.48. The monoisotopic (exact) mass is 505 g/mol. The molecule has 0 bridgehead atoms. The van der Waals surface area contributed by atoms with E-state index in [2.05, 4.69) is 91.5 Å². The van der Waals surface area contributed by atoms with Crippen molar-refractivity contribution in [2.75, 3.05) is 0 Å². The average Bonchev–Trinajstić information content (AvgIpc) is 2.97. The van der Waals surface area contributed by atoms with E-state index in [1.54, 1.807) is 0 Å². The summed E-state index contributed by atoms with van der Waals surface area (Å²) < 4.78 is 0. The summed E-state index contributed by atoms with van der Waals surface area (Å²) in [6, 6.07) is 23.2. The van der Waals surface area contributed by atoms with Gasteiger partial charge < -0.3 is 9.80 Å². The average molecular weight is 506 g/mol. The summed E-state index contributed by atoms with van der Waals surface area (Å²) in [7, 11) is 0. The molecule has 5 nitrogen and oxygen atoms in total. The van der Waals surface area contributed by atoms with Crippen LogP contribution in [0.3, 0.4) is 0 Å². The molecule has 1 aromatic carbocycles. The van der Waals surface area contributed by atoms with Gasteiger partial charge in [-0.1, -0.05) is 69.3 Å². The molecule has 196 valence electrons. The molecule has 0 saturated carbocycles. The summed E-state index contributed by atoms with van der Waals surface area (Å²) in [5.41, 5.74) is 8.47. The molecule has 4 aromatic rings. The fourth-order valence-corrected chi connectivity index (χ4v) is 4.71. The maximum atomic E-state index is 4.74. The first-order valence-electron chi connectivity index (χ1n) is 13.7. The molecule has 0 aliphatic carbocycles. The standard InChI is InChI=1S/C33H39N5/c1-4-28-15-10-18-34-31(28)24-37(23-27-13-8-7-9-14-27)21-22-38(25-32-29(5-2)16-11-19-35-32)26-33-30(6-3)17-12-20-36-33/h7-22H,4-6,23-26H2,1-3H3. The highest BCUT2D eigenvalue weighted by molar-refractivity contribution is 5.23. The van der Waals surface area contributed by atoms with Crippen molar-refractivity contribution in [3.63, 3.8) is 0 Å². The molecule has 0 radical (unpaired) electrons. The Labute approximate surface area is 227 Å². The molecule has 3 heterocycles. The van der Waals surface area contributed by atoms with Crippen LogP contribution in [0.5, 0.6) is 0 Å². The molecule has 5 heteroatoms. The van der Waals surface area contributed by atoms with Crippen LogP contribution in [0.1, 0.15) is 60.1 Å². The minimum atomic E-state index is 0.725. The SMILES string of the molecule is CCc1cccnc1CN(C=CN(Cc1ncccc1CC)Cc1ncccc1CC)Cc1ccccc1. The molecule has 0 spiro atoms. The predicted molar refractivity (Wildman–Crippen MR) is 155 cm³/mol. The van der Waals surface area contributed by atoms with Crippen LogP contribution in [-0.4, -0.2) is 24.8 Å². The van der Waals surface area contributed by atoms with Crippen molar-refractivity contribution in [1.29, 1.82) is 0 Å². The predicted octanol–water partition coefficient (Wildman–Crippen LogP) is 6.73. The van der Waals surface area contributed by atoms with E-state index in [0.717, 1.165) is 62.5 Å². The Balaban J connectivity index is 1.65. The molecular weight excluding hydrogens is 466 g/mol. The number of benzene rings is 1. The molecule has 0 N–H and O–H groups in total. The first-order chi connectivity index (χ1) is 18.7. The largest absolute Gasteiger partial charge is 0.366 e. The van der Waals surface area contributed by atoms with Crippen molar-refractivity contribution in [2.24, 2.45) is 0 Å². The highest BCUT2D eigenvalue weighted by Crippen LogP contribution is 2.17. The summed E-state index contributed by atoms with van der Waals surface area (Å²) in [4.78, 5) is 18.9. The Kier molecular flexibility index (Phi) is 10.0. The lowest BCUT2D eigenvalue weighted by atomic mass is 10.1. The van der Waals surface area contributed by atoms with Crippen molar-refractivity contribution in [2.45, 2.75) is 66.2 Å². The Morgan fingerprint density at radius 3 is 1.29 bits per heavy atom. The van der Waals surface area contributed by atoms with Gasteiger partial charge in [0.25, 0.3) is 0 Å². The number of nitrogens with zero attached hydrogens (tertiary/aromatic N) is 5. The maximum absolute atomic E-state index is 4.74. The highest BCUT2D eigenvalue weighted by Gasteiger charge is 2.12. The molecule has 0 fully saturated rings. The summed E-state index contributed by atoms with van der Waals surface area (Å²) in [6.45, 7) is 9.57. The van der Waals surface area contributed by atoms with Gasteiger partial charge in [0.05, 0.1) is 36.7 Å². The number of hydrogen-bond acceptors (Lipinski definition) is 5. The number of rotatable bonds is 13. The van der Waals surface area contributed by atoms with E-state index in [4.69, 9.17) is 15.0 Å². The van der Waals surface area contributed by atoms with Crippen LogP contribution in [0, 0.1) is 0 Å². The minimum absolute atomic E-state index is 0.725. The molecule has 0 aliphatic rings. The van der Waals surface area contributed by atoms with Crippen LogP contribution < -0.4 is 0 Å². The fraction of sp³-hybridized carbons (Fsp3) is 0.303. The van der Waals surface area contributed by atoms with E-state index in [-0.39, 0.29) is 0 Å². The molecular formula is C33H39N5. The van der Waals surface area contributed by atoms with Gasteiger partial charge in [-0.15, -0.1) is 0 Å². The van der Waals surface area contributed by atoms with Crippen molar-refractivity contribution < 1.29 is 0 Å². The van der Waals surface area contributed by atoms with E-state index in [1.165, 1.54) is 22.3 Å². The van der Waals surface area contributed by atoms with E-state index in [1.807, 2.05) is 36.8 Å². The molecule has 0 saturated heterocycles. The van der Waals surface area contributed by atoms with Gasteiger partial charge in [0.15, 0.2) is 0 Å². The lowest BCUT2D eigenvalue weighted by molar-refractivity contribution is 0.316. The third kappa shape index (κ3) is 7.51. The molecule has 3 aromatic heterocycles. The van der Waals surface area contributed by atoms with Crippen molar-refractivity contribution in [3.05, 3.63) is 137 Å². The van der Waals surface area contributed by atoms with Crippen molar-refractivity contribution in [1.82, 2.24) is 24.8 Å². The molecule has 4 rings (SSSR count). The first-order valence-corrected chi connectivity index (χ1v) is 13.7. The highest BCUT2D eigenvalue weighted by atomic mass is 15.2. The van der Waals surface area contributed by atoms with Gasteiger partial charge in [0.1, 0.15) is 0 Å². The van der Waals surface area contributed by atoms with Gasteiger partial charge in [0.2, 0.25) is 0 Å². The summed E-state index contributed by atoms with van der Waals surface area (Å²) in [5, 5.41) is 0. The molecule has 38 heavy (non-hydrogen) atoms. The van der Waals surface area contributed by atoms with E-state index in [9.17, 15) is 0 Å². The van der Waals surface area contributed by atoms with Gasteiger partial charge in [-0.05, 0) is 59.7 Å². The van der Waals surface area contributed by atoms with E-state index in [0.29, 0.717) is 0 Å². The van der Waals surface area contributed by atoms with Crippen molar-refractivity contribution in [3.8, 4) is 0 Å². The lowest BCUT2D eigenvalue weighted by Gasteiger charge is -2.26. The Hall–Kier alpha value is -3.99. The molecule has 0 unspecified atom stereocenters. The Morgan fingerprint density at radius 1 is 0.500 bits per heavy atom. The second-order valence-corrected chi connectivity index (χ2v) is 9.48. The maximum Gasteiger partial charge on any atom is 0.0628 e. The Bertz CT molecular complexity index is 1250. The Morgan fingerprint density at radius 2 is 0.895 bits per heavy atom.